The third-order valence-electron chi connectivity index (χ3n) is 1.17. The number of rotatable bonds is 5. The van der Waals surface area contributed by atoms with Gasteiger partial charge in [0.1, 0.15) is 5.75 Å². The molecule has 4 heteroatoms. The van der Waals surface area contributed by atoms with Gasteiger partial charge >= 0.3 is 0 Å². The molecule has 1 aromatic rings. The summed E-state index contributed by atoms with van der Waals surface area (Å²) < 4.78 is 14.1. The van der Waals surface area contributed by atoms with Crippen LogP contribution in [0.25, 0.3) is 0 Å². The van der Waals surface area contributed by atoms with E-state index in [1.54, 1.807) is 13.3 Å². The summed E-state index contributed by atoms with van der Waals surface area (Å²) >= 11 is 1.40. The molecule has 0 amide bonds. The highest BCUT2D eigenvalue weighted by molar-refractivity contribution is 7.03. The van der Waals surface area contributed by atoms with E-state index < -0.39 is 0 Å². The molecule has 0 spiro atoms. The van der Waals surface area contributed by atoms with Crippen molar-refractivity contribution in [1.29, 1.82) is 0 Å². The standard InChI is InChI=1S/C7H11NO2S/c1-9-3-2-4-10-7-5-8-11-6-7/h5-6H,2-4H2,1H3. The smallest absolute Gasteiger partial charge is 0.149 e. The van der Waals surface area contributed by atoms with E-state index in [4.69, 9.17) is 9.47 Å². The van der Waals surface area contributed by atoms with Gasteiger partial charge in [-0.05, 0) is 11.5 Å². The van der Waals surface area contributed by atoms with Crippen LogP contribution < -0.4 is 4.74 Å². The number of methoxy groups -OCH3 is 1. The molecule has 0 atom stereocenters. The lowest BCUT2D eigenvalue weighted by atomic mass is 10.5. The van der Waals surface area contributed by atoms with Crippen LogP contribution >= 0.6 is 11.5 Å². The van der Waals surface area contributed by atoms with E-state index in [-0.39, 0.29) is 0 Å². The Morgan fingerprint density at radius 3 is 3.09 bits per heavy atom. The third-order valence-corrected chi connectivity index (χ3v) is 1.74. The van der Waals surface area contributed by atoms with Crippen LogP contribution in [-0.2, 0) is 4.74 Å². The minimum atomic E-state index is 0.701. The van der Waals surface area contributed by atoms with Gasteiger partial charge in [0.15, 0.2) is 0 Å². The molecule has 0 N–H and O–H groups in total. The lowest BCUT2D eigenvalue weighted by Crippen LogP contribution is -2.00. The molecule has 0 aliphatic carbocycles. The van der Waals surface area contributed by atoms with Crippen molar-refractivity contribution in [3.8, 4) is 5.75 Å². The summed E-state index contributed by atoms with van der Waals surface area (Å²) in [5.41, 5.74) is 0. The maximum Gasteiger partial charge on any atom is 0.149 e. The Kier molecular flexibility index (Phi) is 3.93. The van der Waals surface area contributed by atoms with Crippen LogP contribution in [0.1, 0.15) is 6.42 Å². The highest BCUT2D eigenvalue weighted by Gasteiger charge is 1.92. The fourth-order valence-corrected chi connectivity index (χ4v) is 1.12. The van der Waals surface area contributed by atoms with Crippen LogP contribution in [0.3, 0.4) is 0 Å². The lowest BCUT2D eigenvalue weighted by Gasteiger charge is -2.00. The molecular weight excluding hydrogens is 162 g/mol. The summed E-state index contributed by atoms with van der Waals surface area (Å²) in [7, 11) is 1.69. The first kappa shape index (κ1) is 8.49. The van der Waals surface area contributed by atoms with E-state index in [1.165, 1.54) is 11.5 Å². The van der Waals surface area contributed by atoms with Gasteiger partial charge in [0.05, 0.1) is 18.2 Å². The van der Waals surface area contributed by atoms with Gasteiger partial charge in [-0.3, -0.25) is 0 Å². The number of nitrogens with zero attached hydrogens (tertiary/aromatic N) is 1. The first-order valence-electron chi connectivity index (χ1n) is 3.44. The Labute approximate surface area is 70.1 Å². The molecule has 0 unspecified atom stereocenters. The molecule has 11 heavy (non-hydrogen) atoms. The molecule has 1 rings (SSSR count). The van der Waals surface area contributed by atoms with Crippen molar-refractivity contribution >= 4 is 11.5 Å². The minimum absolute atomic E-state index is 0.701. The maximum absolute atomic E-state index is 5.32. The predicted octanol–water partition coefficient (Wildman–Crippen LogP) is 1.56. The molecule has 0 bridgehead atoms. The summed E-state index contributed by atoms with van der Waals surface area (Å²) in [6.07, 6.45) is 2.64. The zero-order chi connectivity index (χ0) is 7.94. The van der Waals surface area contributed by atoms with Gasteiger partial charge in [-0.25, -0.2) is 0 Å². The van der Waals surface area contributed by atoms with E-state index >= 15 is 0 Å². The maximum atomic E-state index is 5.32. The average Bonchev–Trinajstić information content (AvgIpc) is 2.50. The molecule has 0 radical (unpaired) electrons. The van der Waals surface area contributed by atoms with Crippen molar-refractivity contribution in [2.45, 2.75) is 6.42 Å². The predicted molar refractivity (Wildman–Crippen MR) is 44.1 cm³/mol. The Balaban J connectivity index is 2.04. The van der Waals surface area contributed by atoms with Crippen LogP contribution in [-0.4, -0.2) is 24.7 Å². The highest BCUT2D eigenvalue weighted by Crippen LogP contribution is 2.10. The quantitative estimate of drug-likeness (QED) is 0.633. The normalized spacial score (nSPS) is 9.91. The summed E-state index contributed by atoms with van der Waals surface area (Å²) in [5.74, 6) is 0.853. The van der Waals surface area contributed by atoms with Crippen LogP contribution in [0.2, 0.25) is 0 Å². The molecular formula is C7H11NO2S. The van der Waals surface area contributed by atoms with Crippen molar-refractivity contribution < 1.29 is 9.47 Å². The Morgan fingerprint density at radius 2 is 2.45 bits per heavy atom. The Hall–Kier alpha value is -0.610. The first-order chi connectivity index (χ1) is 5.43. The van der Waals surface area contributed by atoms with Gasteiger partial charge in [-0.2, -0.15) is 4.37 Å². The molecule has 0 saturated heterocycles. The van der Waals surface area contributed by atoms with E-state index in [2.05, 4.69) is 4.37 Å². The molecule has 1 heterocycles. The SMILES string of the molecule is COCCCOc1cnsc1. The molecule has 0 aliphatic heterocycles. The average molecular weight is 173 g/mol. The topological polar surface area (TPSA) is 31.4 Å². The summed E-state index contributed by atoms with van der Waals surface area (Å²) in [5, 5.41) is 1.88. The largest absolute Gasteiger partial charge is 0.491 e. The second-order valence-corrected chi connectivity index (χ2v) is 2.71. The van der Waals surface area contributed by atoms with Gasteiger partial charge in [-0.15, -0.1) is 0 Å². The van der Waals surface area contributed by atoms with E-state index in [9.17, 15) is 0 Å². The van der Waals surface area contributed by atoms with E-state index in [0.717, 1.165) is 18.8 Å². The van der Waals surface area contributed by atoms with Gasteiger partial charge < -0.3 is 9.47 Å². The summed E-state index contributed by atoms with van der Waals surface area (Å²) in [6, 6.07) is 0. The minimum Gasteiger partial charge on any atom is -0.491 e. The number of hydrogen-bond donors (Lipinski definition) is 0. The highest BCUT2D eigenvalue weighted by atomic mass is 32.1. The zero-order valence-electron chi connectivity index (χ0n) is 6.45. The molecule has 0 fully saturated rings. The Bertz CT molecular complexity index is 177. The molecule has 0 aromatic carbocycles. The van der Waals surface area contributed by atoms with Crippen molar-refractivity contribution in [3.05, 3.63) is 11.6 Å². The number of aromatic nitrogens is 1. The monoisotopic (exact) mass is 173 g/mol. The summed E-state index contributed by atoms with van der Waals surface area (Å²) in [4.78, 5) is 0. The van der Waals surface area contributed by atoms with Crippen LogP contribution in [0.15, 0.2) is 11.6 Å². The number of hydrogen-bond acceptors (Lipinski definition) is 4. The van der Waals surface area contributed by atoms with Crippen molar-refractivity contribution in [2.75, 3.05) is 20.3 Å². The number of ether oxygens (including phenoxy) is 2. The first-order valence-corrected chi connectivity index (χ1v) is 4.28. The van der Waals surface area contributed by atoms with Crippen LogP contribution in [0, 0.1) is 0 Å². The second-order valence-electron chi connectivity index (χ2n) is 2.05. The Morgan fingerprint density at radius 1 is 1.55 bits per heavy atom. The molecule has 0 aliphatic rings. The third kappa shape index (κ3) is 3.34. The van der Waals surface area contributed by atoms with Crippen molar-refractivity contribution in [1.82, 2.24) is 4.37 Å². The molecule has 0 saturated carbocycles. The second kappa shape index (κ2) is 5.09. The zero-order valence-corrected chi connectivity index (χ0v) is 7.26. The van der Waals surface area contributed by atoms with Crippen molar-refractivity contribution in [3.63, 3.8) is 0 Å². The van der Waals surface area contributed by atoms with Gasteiger partial charge in [0, 0.05) is 20.1 Å². The van der Waals surface area contributed by atoms with Gasteiger partial charge in [-0.1, -0.05) is 0 Å². The molecule has 62 valence electrons. The van der Waals surface area contributed by atoms with E-state index in [1.807, 2.05) is 5.38 Å². The van der Waals surface area contributed by atoms with Crippen LogP contribution in [0.5, 0.6) is 5.75 Å². The van der Waals surface area contributed by atoms with Crippen LogP contribution in [0.4, 0.5) is 0 Å². The fourth-order valence-electron chi connectivity index (χ4n) is 0.660. The van der Waals surface area contributed by atoms with Gasteiger partial charge in [0.2, 0.25) is 0 Å². The van der Waals surface area contributed by atoms with Crippen molar-refractivity contribution in [2.24, 2.45) is 0 Å². The molecule has 1 aromatic heterocycles. The van der Waals surface area contributed by atoms with E-state index in [0.29, 0.717) is 6.61 Å². The summed E-state index contributed by atoms with van der Waals surface area (Å²) in [6.45, 7) is 1.45. The fraction of sp³-hybridized carbons (Fsp3) is 0.571. The molecule has 3 nitrogen and oxygen atoms in total. The lowest BCUT2D eigenvalue weighted by molar-refractivity contribution is 0.172. The van der Waals surface area contributed by atoms with Gasteiger partial charge in [0.25, 0.3) is 0 Å².